The summed E-state index contributed by atoms with van der Waals surface area (Å²) in [6, 6.07) is 0. The zero-order valence-electron chi connectivity index (χ0n) is 11.2. The highest BCUT2D eigenvalue weighted by molar-refractivity contribution is 7.99. The minimum Gasteiger partial charge on any atom is -0.396 e. The van der Waals surface area contributed by atoms with Crippen LogP contribution in [0.4, 0.5) is 10.7 Å². The van der Waals surface area contributed by atoms with Crippen molar-refractivity contribution in [1.82, 2.24) is 0 Å². The van der Waals surface area contributed by atoms with E-state index in [0.717, 1.165) is 40.7 Å². The lowest BCUT2D eigenvalue weighted by molar-refractivity contribution is 0.0972. The van der Waals surface area contributed by atoms with Gasteiger partial charge in [0.15, 0.2) is 5.78 Å². The molecule has 0 aromatic carbocycles. The van der Waals surface area contributed by atoms with E-state index in [1.54, 1.807) is 23.1 Å². The third kappa shape index (κ3) is 2.38. The smallest absolute Gasteiger partial charge is 0.178 e. The summed E-state index contributed by atoms with van der Waals surface area (Å²) in [5, 5.41) is 1.16. The number of anilines is 2. The van der Waals surface area contributed by atoms with E-state index in [1.807, 2.05) is 6.26 Å². The summed E-state index contributed by atoms with van der Waals surface area (Å²) in [6.45, 7) is 6.15. The second kappa shape index (κ2) is 5.53. The SMILES string of the molecule is CCN(CC)c1sc(C(=O)C2CC2)c(N)c1SC. The normalized spacial score (nSPS) is 14.8. The van der Waals surface area contributed by atoms with Crippen molar-refractivity contribution < 1.29 is 4.79 Å². The minimum atomic E-state index is 0.241. The van der Waals surface area contributed by atoms with Gasteiger partial charge in [0.05, 0.1) is 15.5 Å². The van der Waals surface area contributed by atoms with Gasteiger partial charge in [-0.05, 0) is 32.9 Å². The van der Waals surface area contributed by atoms with Crippen LogP contribution in [0.2, 0.25) is 0 Å². The van der Waals surface area contributed by atoms with Crippen LogP contribution in [0, 0.1) is 5.92 Å². The maximum absolute atomic E-state index is 12.2. The van der Waals surface area contributed by atoms with Crippen molar-refractivity contribution in [3.05, 3.63) is 4.88 Å². The molecule has 100 valence electrons. The molecule has 0 amide bonds. The monoisotopic (exact) mass is 284 g/mol. The molecule has 0 bridgehead atoms. The lowest BCUT2D eigenvalue weighted by Gasteiger charge is -2.20. The summed E-state index contributed by atoms with van der Waals surface area (Å²) in [5.41, 5.74) is 6.87. The summed E-state index contributed by atoms with van der Waals surface area (Å²) in [6.07, 6.45) is 4.09. The van der Waals surface area contributed by atoms with Crippen LogP contribution >= 0.6 is 23.1 Å². The number of hydrogen-bond acceptors (Lipinski definition) is 5. The molecular formula is C13H20N2OS2. The first-order valence-corrected chi connectivity index (χ1v) is 8.43. The molecule has 0 saturated heterocycles. The molecule has 1 aliphatic carbocycles. The summed E-state index contributed by atoms with van der Waals surface area (Å²) < 4.78 is 0. The van der Waals surface area contributed by atoms with Crippen LogP contribution in [0.15, 0.2) is 4.90 Å². The molecule has 0 atom stereocenters. The van der Waals surface area contributed by atoms with Gasteiger partial charge in [0.25, 0.3) is 0 Å². The Morgan fingerprint density at radius 2 is 2.06 bits per heavy atom. The van der Waals surface area contributed by atoms with E-state index in [0.29, 0.717) is 5.69 Å². The molecule has 1 aliphatic rings. The highest BCUT2D eigenvalue weighted by Gasteiger charge is 2.34. The Balaban J connectivity index is 2.40. The molecule has 2 N–H and O–H groups in total. The summed E-state index contributed by atoms with van der Waals surface area (Å²) >= 11 is 3.22. The van der Waals surface area contributed by atoms with Crippen LogP contribution in [0.1, 0.15) is 36.4 Å². The third-order valence-corrected chi connectivity index (χ3v) is 5.54. The average molecular weight is 284 g/mol. The number of ketones is 1. The van der Waals surface area contributed by atoms with Gasteiger partial charge in [-0.1, -0.05) is 0 Å². The number of carbonyl (C=O) groups is 1. The quantitative estimate of drug-likeness (QED) is 0.641. The van der Waals surface area contributed by atoms with Gasteiger partial charge < -0.3 is 10.6 Å². The summed E-state index contributed by atoms with van der Waals surface area (Å²) in [7, 11) is 0. The van der Waals surface area contributed by atoms with Gasteiger partial charge in [0, 0.05) is 19.0 Å². The predicted molar refractivity (Wildman–Crippen MR) is 81.1 cm³/mol. The molecule has 1 aromatic rings. The molecule has 1 aromatic heterocycles. The Morgan fingerprint density at radius 1 is 1.44 bits per heavy atom. The van der Waals surface area contributed by atoms with Crippen LogP contribution in [0.3, 0.4) is 0 Å². The Hall–Kier alpha value is -0.680. The fraction of sp³-hybridized carbons (Fsp3) is 0.615. The van der Waals surface area contributed by atoms with Crippen molar-refractivity contribution >= 4 is 39.6 Å². The van der Waals surface area contributed by atoms with Crippen LogP contribution in [0.5, 0.6) is 0 Å². The molecule has 0 spiro atoms. The number of thioether (sulfide) groups is 1. The van der Waals surface area contributed by atoms with E-state index in [4.69, 9.17) is 5.73 Å². The van der Waals surface area contributed by atoms with Crippen molar-refractivity contribution in [3.63, 3.8) is 0 Å². The number of nitrogens with zero attached hydrogens (tertiary/aromatic N) is 1. The number of nitrogen functional groups attached to an aromatic ring is 1. The number of nitrogens with two attached hydrogens (primary N) is 1. The van der Waals surface area contributed by atoms with Crippen LogP contribution in [0.25, 0.3) is 0 Å². The first-order chi connectivity index (χ1) is 8.63. The number of carbonyl (C=O) groups excluding carboxylic acids is 1. The van der Waals surface area contributed by atoms with Gasteiger partial charge in [0.1, 0.15) is 5.00 Å². The van der Waals surface area contributed by atoms with Gasteiger partial charge >= 0.3 is 0 Å². The Kier molecular flexibility index (Phi) is 4.22. The summed E-state index contributed by atoms with van der Waals surface area (Å²) in [5.74, 6) is 0.497. The molecule has 1 fully saturated rings. The first-order valence-electron chi connectivity index (χ1n) is 6.39. The number of thiophene rings is 1. The van der Waals surface area contributed by atoms with Gasteiger partial charge in [0.2, 0.25) is 0 Å². The van der Waals surface area contributed by atoms with Gasteiger partial charge in [-0.3, -0.25) is 4.79 Å². The van der Waals surface area contributed by atoms with Gasteiger partial charge in [-0.2, -0.15) is 0 Å². The Labute approximate surface area is 117 Å². The van der Waals surface area contributed by atoms with Crippen molar-refractivity contribution in [2.24, 2.45) is 5.92 Å². The molecule has 0 aliphatic heterocycles. The van der Waals surface area contributed by atoms with Crippen molar-refractivity contribution in [2.75, 3.05) is 30.0 Å². The maximum Gasteiger partial charge on any atom is 0.178 e. The molecule has 18 heavy (non-hydrogen) atoms. The minimum absolute atomic E-state index is 0.241. The maximum atomic E-state index is 12.2. The largest absolute Gasteiger partial charge is 0.396 e. The second-order valence-corrected chi connectivity index (χ2v) is 6.31. The molecule has 1 saturated carbocycles. The van der Waals surface area contributed by atoms with E-state index in [9.17, 15) is 4.79 Å². The standard InChI is InChI=1S/C13H20N2OS2/c1-4-15(5-2)13-12(17-3)9(14)11(18-13)10(16)8-6-7-8/h8H,4-7,14H2,1-3H3. The lowest BCUT2D eigenvalue weighted by atomic mass is 10.2. The molecule has 0 radical (unpaired) electrons. The Bertz CT molecular complexity index is 448. The van der Waals surface area contributed by atoms with Crippen LogP contribution in [-0.2, 0) is 0 Å². The molecule has 1 heterocycles. The number of rotatable bonds is 6. The second-order valence-electron chi connectivity index (χ2n) is 4.49. The third-order valence-electron chi connectivity index (χ3n) is 3.31. The number of Topliss-reactive ketones (excluding diaryl/α,β-unsaturated/α-hetero) is 1. The molecule has 3 nitrogen and oxygen atoms in total. The molecule has 0 unspecified atom stereocenters. The predicted octanol–water partition coefficient (Wildman–Crippen LogP) is 3.49. The zero-order valence-corrected chi connectivity index (χ0v) is 12.8. The van der Waals surface area contributed by atoms with Crippen molar-refractivity contribution in [2.45, 2.75) is 31.6 Å². The summed E-state index contributed by atoms with van der Waals surface area (Å²) in [4.78, 5) is 16.3. The van der Waals surface area contributed by atoms with Crippen LogP contribution < -0.4 is 10.6 Å². The number of hydrogen-bond donors (Lipinski definition) is 1. The van der Waals surface area contributed by atoms with E-state index >= 15 is 0 Å². The van der Waals surface area contributed by atoms with E-state index in [2.05, 4.69) is 18.7 Å². The zero-order chi connectivity index (χ0) is 13.3. The lowest BCUT2D eigenvalue weighted by Crippen LogP contribution is -2.21. The topological polar surface area (TPSA) is 46.3 Å². The van der Waals surface area contributed by atoms with Crippen LogP contribution in [-0.4, -0.2) is 25.1 Å². The average Bonchev–Trinajstić information content (AvgIpc) is 3.16. The Morgan fingerprint density at radius 3 is 2.50 bits per heavy atom. The van der Waals surface area contributed by atoms with E-state index in [-0.39, 0.29) is 11.7 Å². The fourth-order valence-electron chi connectivity index (χ4n) is 2.05. The molecule has 5 heteroatoms. The van der Waals surface area contributed by atoms with Crippen molar-refractivity contribution in [1.29, 1.82) is 0 Å². The first kappa shape index (κ1) is 13.7. The highest BCUT2D eigenvalue weighted by atomic mass is 32.2. The molecule has 2 rings (SSSR count). The van der Waals surface area contributed by atoms with E-state index < -0.39 is 0 Å². The van der Waals surface area contributed by atoms with Gasteiger partial charge in [-0.15, -0.1) is 23.1 Å². The molecular weight excluding hydrogens is 264 g/mol. The van der Waals surface area contributed by atoms with Crippen molar-refractivity contribution in [3.8, 4) is 0 Å². The fourth-order valence-corrected chi connectivity index (χ4v) is 4.37. The van der Waals surface area contributed by atoms with Gasteiger partial charge in [-0.25, -0.2) is 0 Å². The highest BCUT2D eigenvalue weighted by Crippen LogP contribution is 2.46. The van der Waals surface area contributed by atoms with E-state index in [1.165, 1.54) is 0 Å².